The van der Waals surface area contributed by atoms with E-state index in [2.05, 4.69) is 5.32 Å². The first-order valence-corrected chi connectivity index (χ1v) is 5.28. The Kier molecular flexibility index (Phi) is 4.92. The van der Waals surface area contributed by atoms with Crippen molar-refractivity contribution in [2.24, 2.45) is 5.41 Å². The van der Waals surface area contributed by atoms with Gasteiger partial charge in [-0.3, -0.25) is 4.39 Å². The SMILES string of the molecule is CC(C)(C)OC(=O)N[C@H](C(=O)O)C(C)(C)CF. The van der Waals surface area contributed by atoms with Gasteiger partial charge in [0.05, 0.1) is 6.67 Å². The molecule has 0 saturated heterocycles. The van der Waals surface area contributed by atoms with E-state index in [0.717, 1.165) is 0 Å². The molecule has 1 amide bonds. The Morgan fingerprint density at radius 2 is 1.76 bits per heavy atom. The highest BCUT2D eigenvalue weighted by Crippen LogP contribution is 2.22. The van der Waals surface area contributed by atoms with Crippen molar-refractivity contribution in [3.63, 3.8) is 0 Å². The predicted molar refractivity (Wildman–Crippen MR) is 60.5 cm³/mol. The molecule has 0 unspecified atom stereocenters. The van der Waals surface area contributed by atoms with Crippen molar-refractivity contribution in [3.05, 3.63) is 0 Å². The Hall–Kier alpha value is -1.33. The molecule has 0 radical (unpaired) electrons. The first kappa shape index (κ1) is 15.7. The molecule has 0 rings (SSSR count). The van der Waals surface area contributed by atoms with E-state index in [-0.39, 0.29) is 0 Å². The number of ether oxygens (including phenoxy) is 1. The fraction of sp³-hybridized carbons (Fsp3) is 0.818. The van der Waals surface area contributed by atoms with Crippen LogP contribution < -0.4 is 5.32 Å². The first-order valence-electron chi connectivity index (χ1n) is 5.28. The molecule has 0 aromatic rings. The Morgan fingerprint density at radius 3 is 2.06 bits per heavy atom. The molecule has 0 aliphatic carbocycles. The highest BCUT2D eigenvalue weighted by atomic mass is 19.1. The van der Waals surface area contributed by atoms with Crippen LogP contribution in [0.2, 0.25) is 0 Å². The number of hydrogen-bond donors (Lipinski definition) is 2. The van der Waals surface area contributed by atoms with Gasteiger partial charge in [-0.1, -0.05) is 13.8 Å². The molecule has 5 nitrogen and oxygen atoms in total. The largest absolute Gasteiger partial charge is 0.480 e. The highest BCUT2D eigenvalue weighted by molar-refractivity contribution is 5.80. The molecule has 17 heavy (non-hydrogen) atoms. The maximum absolute atomic E-state index is 12.7. The molecule has 0 aliphatic rings. The summed E-state index contributed by atoms with van der Waals surface area (Å²) in [7, 11) is 0. The lowest BCUT2D eigenvalue weighted by atomic mass is 9.86. The number of amides is 1. The molecule has 100 valence electrons. The van der Waals surface area contributed by atoms with Gasteiger partial charge in [0.15, 0.2) is 0 Å². The van der Waals surface area contributed by atoms with Crippen molar-refractivity contribution in [2.45, 2.75) is 46.3 Å². The summed E-state index contributed by atoms with van der Waals surface area (Å²) in [6, 6.07) is -1.33. The number of nitrogens with one attached hydrogen (secondary N) is 1. The highest BCUT2D eigenvalue weighted by Gasteiger charge is 2.37. The molecule has 0 aromatic carbocycles. The molecule has 6 heteroatoms. The van der Waals surface area contributed by atoms with Crippen LogP contribution >= 0.6 is 0 Å². The van der Waals surface area contributed by atoms with Crippen molar-refractivity contribution < 1.29 is 23.8 Å². The lowest BCUT2D eigenvalue weighted by Gasteiger charge is -2.30. The summed E-state index contributed by atoms with van der Waals surface area (Å²) in [5.41, 5.74) is -1.92. The van der Waals surface area contributed by atoms with Crippen molar-refractivity contribution >= 4 is 12.1 Å². The summed E-state index contributed by atoms with van der Waals surface area (Å²) in [4.78, 5) is 22.4. The van der Waals surface area contributed by atoms with Gasteiger partial charge in [0.1, 0.15) is 11.6 Å². The minimum absolute atomic E-state index is 0.729. The van der Waals surface area contributed by atoms with Crippen LogP contribution in [0.3, 0.4) is 0 Å². The minimum atomic E-state index is -1.33. The van der Waals surface area contributed by atoms with Crippen LogP contribution in [0.1, 0.15) is 34.6 Å². The van der Waals surface area contributed by atoms with Crippen molar-refractivity contribution in [3.8, 4) is 0 Å². The summed E-state index contributed by atoms with van der Waals surface area (Å²) in [5.74, 6) is -1.29. The topological polar surface area (TPSA) is 75.6 Å². The zero-order chi connectivity index (χ0) is 13.9. The van der Waals surface area contributed by atoms with Gasteiger partial charge in [0.25, 0.3) is 0 Å². The van der Waals surface area contributed by atoms with Gasteiger partial charge in [-0.2, -0.15) is 0 Å². The van der Waals surface area contributed by atoms with Crippen LogP contribution in [0.5, 0.6) is 0 Å². The summed E-state index contributed by atoms with van der Waals surface area (Å²) >= 11 is 0. The average Bonchev–Trinajstić information content (AvgIpc) is 2.10. The summed E-state index contributed by atoms with van der Waals surface area (Å²) in [5, 5.41) is 11.1. The van der Waals surface area contributed by atoms with Crippen molar-refractivity contribution in [2.75, 3.05) is 6.67 Å². The molecule has 0 spiro atoms. The number of alkyl carbamates (subject to hydrolysis) is 1. The lowest BCUT2D eigenvalue weighted by Crippen LogP contribution is -2.52. The van der Waals surface area contributed by atoms with Gasteiger partial charge in [-0.25, -0.2) is 9.59 Å². The van der Waals surface area contributed by atoms with E-state index in [9.17, 15) is 14.0 Å². The quantitative estimate of drug-likeness (QED) is 0.798. The number of alkyl halides is 1. The third-order valence-electron chi connectivity index (χ3n) is 2.03. The Bertz CT molecular complexity index is 296. The molecular weight excluding hydrogens is 229 g/mol. The normalized spacial score (nSPS) is 14.0. The summed E-state index contributed by atoms with van der Waals surface area (Å²) in [6.07, 6.45) is -0.869. The second kappa shape index (κ2) is 5.33. The van der Waals surface area contributed by atoms with E-state index in [4.69, 9.17) is 9.84 Å². The smallest absolute Gasteiger partial charge is 0.408 e. The van der Waals surface area contributed by atoms with Crippen LogP contribution in [-0.2, 0) is 9.53 Å². The van der Waals surface area contributed by atoms with Crippen LogP contribution in [0.15, 0.2) is 0 Å². The second-order valence-corrected chi connectivity index (χ2v) is 5.54. The third-order valence-corrected chi connectivity index (χ3v) is 2.03. The number of hydrogen-bond acceptors (Lipinski definition) is 3. The first-order chi connectivity index (χ1) is 7.49. The van der Waals surface area contributed by atoms with Gasteiger partial charge < -0.3 is 15.2 Å². The standard InChI is InChI=1S/C11H20FNO4/c1-10(2,3)17-9(16)13-7(8(14)15)11(4,5)6-12/h7H,6H2,1-5H3,(H,13,16)(H,14,15)/t7-/m1/s1. The Labute approximate surface area is 100 Å². The Balaban J connectivity index is 4.69. The maximum Gasteiger partial charge on any atom is 0.408 e. The number of carbonyl (C=O) groups is 2. The molecule has 0 aliphatic heterocycles. The van der Waals surface area contributed by atoms with Gasteiger partial charge in [-0.15, -0.1) is 0 Å². The molecule has 2 N–H and O–H groups in total. The molecule has 0 aromatic heterocycles. The zero-order valence-corrected chi connectivity index (χ0v) is 10.8. The number of carboxylic acid groups (broad SMARTS) is 1. The molecule has 0 saturated carbocycles. The number of carboxylic acids is 1. The predicted octanol–water partition coefficient (Wildman–Crippen LogP) is 1.96. The van der Waals surface area contributed by atoms with E-state index >= 15 is 0 Å². The fourth-order valence-corrected chi connectivity index (χ4v) is 1.09. The van der Waals surface area contributed by atoms with Crippen LogP contribution in [0.4, 0.5) is 9.18 Å². The molecule has 0 bridgehead atoms. The van der Waals surface area contributed by atoms with Crippen molar-refractivity contribution in [1.82, 2.24) is 5.32 Å². The molecule has 1 atom stereocenters. The van der Waals surface area contributed by atoms with Gasteiger partial charge in [0, 0.05) is 5.41 Å². The lowest BCUT2D eigenvalue weighted by molar-refractivity contribution is -0.143. The van der Waals surface area contributed by atoms with Gasteiger partial charge in [-0.05, 0) is 20.8 Å². The van der Waals surface area contributed by atoms with E-state index in [0.29, 0.717) is 0 Å². The number of halogens is 1. The fourth-order valence-electron chi connectivity index (χ4n) is 1.09. The second-order valence-electron chi connectivity index (χ2n) is 5.54. The molecule has 0 fully saturated rings. The average molecular weight is 249 g/mol. The Morgan fingerprint density at radius 1 is 1.29 bits per heavy atom. The third kappa shape index (κ3) is 5.51. The molecule has 0 heterocycles. The van der Waals surface area contributed by atoms with Crippen LogP contribution in [0.25, 0.3) is 0 Å². The summed E-state index contributed by atoms with van der Waals surface area (Å²) < 4.78 is 17.6. The zero-order valence-electron chi connectivity index (χ0n) is 10.8. The summed E-state index contributed by atoms with van der Waals surface area (Å²) in [6.45, 7) is 6.94. The van der Waals surface area contributed by atoms with Gasteiger partial charge in [0.2, 0.25) is 0 Å². The van der Waals surface area contributed by atoms with Crippen LogP contribution in [0, 0.1) is 5.41 Å². The number of carbonyl (C=O) groups excluding carboxylic acids is 1. The van der Waals surface area contributed by atoms with Crippen molar-refractivity contribution in [1.29, 1.82) is 0 Å². The number of aliphatic carboxylic acids is 1. The monoisotopic (exact) mass is 249 g/mol. The van der Waals surface area contributed by atoms with Gasteiger partial charge >= 0.3 is 12.1 Å². The van der Waals surface area contributed by atoms with Crippen LogP contribution in [-0.4, -0.2) is 35.5 Å². The maximum atomic E-state index is 12.7. The minimum Gasteiger partial charge on any atom is -0.480 e. The molecular formula is C11H20FNO4. The number of rotatable bonds is 4. The van der Waals surface area contributed by atoms with E-state index < -0.39 is 35.8 Å². The van der Waals surface area contributed by atoms with E-state index in [1.807, 2.05) is 0 Å². The van der Waals surface area contributed by atoms with E-state index in [1.165, 1.54) is 13.8 Å². The van der Waals surface area contributed by atoms with E-state index in [1.54, 1.807) is 20.8 Å².